The molecule has 1 heterocycles. The van der Waals surface area contributed by atoms with E-state index in [2.05, 4.69) is 43.9 Å². The van der Waals surface area contributed by atoms with Crippen molar-refractivity contribution in [1.82, 2.24) is 0 Å². The lowest BCUT2D eigenvalue weighted by Crippen LogP contribution is -2.28. The molecule has 98 valence electrons. The number of fused-ring (bicyclic) bond motifs is 1. The van der Waals surface area contributed by atoms with Crippen LogP contribution in [0.4, 0.5) is 5.69 Å². The van der Waals surface area contributed by atoms with Crippen molar-refractivity contribution in [2.75, 3.05) is 25.1 Å². The van der Waals surface area contributed by atoms with Crippen molar-refractivity contribution < 1.29 is 9.53 Å². The number of hydrogen-bond acceptors (Lipinski definition) is 3. The zero-order chi connectivity index (χ0) is 13.3. The highest BCUT2D eigenvalue weighted by Gasteiger charge is 2.24. The van der Waals surface area contributed by atoms with Crippen molar-refractivity contribution in [3.63, 3.8) is 0 Å². The Morgan fingerprint density at radius 3 is 2.72 bits per heavy atom. The highest BCUT2D eigenvalue weighted by Crippen LogP contribution is 2.33. The van der Waals surface area contributed by atoms with E-state index in [1.807, 2.05) is 0 Å². The first-order valence-corrected chi connectivity index (χ1v) is 6.37. The molecule has 0 unspecified atom stereocenters. The van der Waals surface area contributed by atoms with Crippen LogP contribution in [-0.2, 0) is 21.4 Å². The molecular weight excluding hydrogens is 226 g/mol. The van der Waals surface area contributed by atoms with Gasteiger partial charge in [-0.05, 0) is 29.0 Å². The van der Waals surface area contributed by atoms with Crippen molar-refractivity contribution in [3.05, 3.63) is 29.3 Å². The maximum Gasteiger partial charge on any atom is 0.325 e. The van der Waals surface area contributed by atoms with Gasteiger partial charge >= 0.3 is 5.97 Å². The van der Waals surface area contributed by atoms with Crippen LogP contribution in [0.15, 0.2) is 18.2 Å². The van der Waals surface area contributed by atoms with Gasteiger partial charge in [0, 0.05) is 12.2 Å². The molecular formula is C15H21NO2. The maximum absolute atomic E-state index is 11.4. The summed E-state index contributed by atoms with van der Waals surface area (Å²) < 4.78 is 4.74. The topological polar surface area (TPSA) is 29.5 Å². The third-order valence-electron chi connectivity index (χ3n) is 3.49. The standard InChI is InChI=1S/C15H21NO2/c1-15(2,3)12-6-5-11-7-8-16(13(11)9-12)10-14(17)18-4/h5-6,9H,7-8,10H2,1-4H3. The van der Waals surface area contributed by atoms with Crippen LogP contribution in [0.3, 0.4) is 0 Å². The van der Waals surface area contributed by atoms with Crippen LogP contribution in [0.1, 0.15) is 31.9 Å². The SMILES string of the molecule is COC(=O)CN1CCc2ccc(C(C)(C)C)cc21. The Morgan fingerprint density at radius 2 is 2.11 bits per heavy atom. The smallest absolute Gasteiger partial charge is 0.325 e. The fourth-order valence-electron chi connectivity index (χ4n) is 2.30. The molecule has 0 fully saturated rings. The van der Waals surface area contributed by atoms with Crippen LogP contribution in [0.5, 0.6) is 0 Å². The van der Waals surface area contributed by atoms with Gasteiger partial charge < -0.3 is 9.64 Å². The Hall–Kier alpha value is -1.51. The first-order chi connectivity index (χ1) is 8.41. The normalized spacial score (nSPS) is 14.6. The van der Waals surface area contributed by atoms with Crippen LogP contribution < -0.4 is 4.90 Å². The molecule has 1 aliphatic rings. The predicted molar refractivity (Wildman–Crippen MR) is 73.1 cm³/mol. The third kappa shape index (κ3) is 2.50. The average molecular weight is 247 g/mol. The van der Waals surface area contributed by atoms with E-state index in [0.29, 0.717) is 6.54 Å². The molecule has 0 N–H and O–H groups in total. The lowest BCUT2D eigenvalue weighted by atomic mass is 9.86. The van der Waals surface area contributed by atoms with E-state index in [9.17, 15) is 4.79 Å². The largest absolute Gasteiger partial charge is 0.468 e. The van der Waals surface area contributed by atoms with Crippen LogP contribution in [0, 0.1) is 0 Å². The number of ether oxygens (including phenoxy) is 1. The Balaban J connectivity index is 2.28. The van der Waals surface area contributed by atoms with Gasteiger partial charge in [0.15, 0.2) is 0 Å². The van der Waals surface area contributed by atoms with Gasteiger partial charge in [0.1, 0.15) is 6.54 Å². The molecule has 0 saturated carbocycles. The number of rotatable bonds is 2. The van der Waals surface area contributed by atoms with Gasteiger partial charge in [-0.1, -0.05) is 32.9 Å². The summed E-state index contributed by atoms with van der Waals surface area (Å²) in [5, 5.41) is 0. The predicted octanol–water partition coefficient (Wildman–Crippen LogP) is 2.52. The average Bonchev–Trinajstić information content (AvgIpc) is 2.70. The quantitative estimate of drug-likeness (QED) is 0.752. The number of nitrogens with zero attached hydrogens (tertiary/aromatic N) is 1. The highest BCUT2D eigenvalue weighted by molar-refractivity contribution is 5.77. The van der Waals surface area contributed by atoms with Crippen LogP contribution in [-0.4, -0.2) is 26.2 Å². The minimum atomic E-state index is -0.177. The maximum atomic E-state index is 11.4. The number of carbonyl (C=O) groups is 1. The summed E-state index contributed by atoms with van der Waals surface area (Å²) in [6.07, 6.45) is 1.01. The molecule has 0 saturated heterocycles. The second-order valence-corrected chi connectivity index (χ2v) is 5.84. The lowest BCUT2D eigenvalue weighted by Gasteiger charge is -2.23. The van der Waals surface area contributed by atoms with E-state index < -0.39 is 0 Å². The van der Waals surface area contributed by atoms with Gasteiger partial charge in [-0.15, -0.1) is 0 Å². The number of anilines is 1. The van der Waals surface area contributed by atoms with Crippen LogP contribution in [0.25, 0.3) is 0 Å². The minimum Gasteiger partial charge on any atom is -0.468 e. The van der Waals surface area contributed by atoms with Gasteiger partial charge in [0.05, 0.1) is 7.11 Å². The Kier molecular flexibility index (Phi) is 3.33. The summed E-state index contributed by atoms with van der Waals surface area (Å²) in [5.41, 5.74) is 3.95. The second-order valence-electron chi connectivity index (χ2n) is 5.84. The molecule has 1 aromatic rings. The number of carbonyl (C=O) groups excluding carboxylic acids is 1. The molecule has 2 rings (SSSR count). The fraction of sp³-hybridized carbons (Fsp3) is 0.533. The van der Waals surface area contributed by atoms with Gasteiger partial charge in [0.2, 0.25) is 0 Å². The minimum absolute atomic E-state index is 0.133. The van der Waals surface area contributed by atoms with Gasteiger partial charge in [-0.3, -0.25) is 4.79 Å². The van der Waals surface area contributed by atoms with E-state index in [1.54, 1.807) is 0 Å². The molecule has 0 amide bonds. The molecule has 0 aliphatic carbocycles. The Labute approximate surface area is 109 Å². The number of benzene rings is 1. The molecule has 3 heteroatoms. The Bertz CT molecular complexity index is 460. The van der Waals surface area contributed by atoms with Gasteiger partial charge in [-0.25, -0.2) is 0 Å². The van der Waals surface area contributed by atoms with Crippen LogP contribution in [0.2, 0.25) is 0 Å². The number of esters is 1. The summed E-state index contributed by atoms with van der Waals surface area (Å²) in [7, 11) is 1.44. The summed E-state index contributed by atoms with van der Waals surface area (Å²) >= 11 is 0. The first kappa shape index (κ1) is 12.9. The molecule has 3 nitrogen and oxygen atoms in total. The molecule has 1 aromatic carbocycles. The third-order valence-corrected chi connectivity index (χ3v) is 3.49. The van der Waals surface area contributed by atoms with E-state index in [-0.39, 0.29) is 11.4 Å². The summed E-state index contributed by atoms with van der Waals surface area (Å²) in [6.45, 7) is 7.85. The molecule has 0 atom stereocenters. The van der Waals surface area contributed by atoms with E-state index in [1.165, 1.54) is 23.9 Å². The first-order valence-electron chi connectivity index (χ1n) is 6.37. The highest BCUT2D eigenvalue weighted by atomic mass is 16.5. The molecule has 0 radical (unpaired) electrons. The second kappa shape index (κ2) is 4.63. The molecule has 0 aromatic heterocycles. The molecule has 1 aliphatic heterocycles. The van der Waals surface area contributed by atoms with E-state index in [4.69, 9.17) is 4.74 Å². The zero-order valence-corrected chi connectivity index (χ0v) is 11.6. The van der Waals surface area contributed by atoms with Crippen molar-refractivity contribution in [3.8, 4) is 0 Å². The fourth-order valence-corrected chi connectivity index (χ4v) is 2.30. The van der Waals surface area contributed by atoms with Crippen LogP contribution >= 0.6 is 0 Å². The number of methoxy groups -OCH3 is 1. The van der Waals surface area contributed by atoms with Crippen molar-refractivity contribution in [2.45, 2.75) is 32.6 Å². The van der Waals surface area contributed by atoms with Gasteiger partial charge in [-0.2, -0.15) is 0 Å². The van der Waals surface area contributed by atoms with Crippen molar-refractivity contribution >= 4 is 11.7 Å². The summed E-state index contributed by atoms with van der Waals surface area (Å²) in [5.74, 6) is -0.177. The monoisotopic (exact) mass is 247 g/mol. The molecule has 0 spiro atoms. The van der Waals surface area contributed by atoms with Gasteiger partial charge in [0.25, 0.3) is 0 Å². The molecule has 0 bridgehead atoms. The lowest BCUT2D eigenvalue weighted by molar-refractivity contribution is -0.138. The molecule has 18 heavy (non-hydrogen) atoms. The number of hydrogen-bond donors (Lipinski definition) is 0. The van der Waals surface area contributed by atoms with Crippen molar-refractivity contribution in [2.24, 2.45) is 0 Å². The summed E-state index contributed by atoms with van der Waals surface area (Å²) in [6, 6.07) is 6.60. The zero-order valence-electron chi connectivity index (χ0n) is 11.6. The van der Waals surface area contributed by atoms with E-state index >= 15 is 0 Å². The Morgan fingerprint density at radius 1 is 1.39 bits per heavy atom. The van der Waals surface area contributed by atoms with E-state index in [0.717, 1.165) is 13.0 Å². The summed E-state index contributed by atoms with van der Waals surface area (Å²) in [4.78, 5) is 13.5. The van der Waals surface area contributed by atoms with Crippen molar-refractivity contribution in [1.29, 1.82) is 0 Å².